The summed E-state index contributed by atoms with van der Waals surface area (Å²) in [6.45, 7) is 0. The summed E-state index contributed by atoms with van der Waals surface area (Å²) in [4.78, 5) is 11.7. The van der Waals surface area contributed by atoms with Crippen LogP contribution in [0.25, 0.3) is 0 Å². The number of nitrogens with zero attached hydrogens (tertiary/aromatic N) is 3. The minimum atomic E-state index is 0.570. The predicted octanol–water partition coefficient (Wildman–Crippen LogP) is 3.17. The second-order valence-corrected chi connectivity index (χ2v) is 6.38. The maximum absolute atomic E-state index is 4.80. The fourth-order valence-electron chi connectivity index (χ4n) is 3.44. The number of aromatic nitrogens is 2. The highest BCUT2D eigenvalue weighted by Gasteiger charge is 2.20. The molecule has 1 fully saturated rings. The van der Waals surface area contributed by atoms with Crippen LogP contribution in [0.4, 0.5) is 11.8 Å². The lowest BCUT2D eigenvalue weighted by Gasteiger charge is -2.26. The zero-order chi connectivity index (χ0) is 13.9. The van der Waals surface area contributed by atoms with Crippen molar-refractivity contribution in [2.24, 2.45) is 0 Å². The van der Waals surface area contributed by atoms with Crippen molar-refractivity contribution in [3.63, 3.8) is 0 Å². The Morgan fingerprint density at radius 2 is 1.70 bits per heavy atom. The van der Waals surface area contributed by atoms with Crippen molar-refractivity contribution >= 4 is 11.8 Å². The number of fused-ring (bicyclic) bond motifs is 1. The van der Waals surface area contributed by atoms with E-state index in [9.17, 15) is 0 Å². The lowest BCUT2D eigenvalue weighted by molar-refractivity contribution is 0.460. The van der Waals surface area contributed by atoms with Gasteiger partial charge in [0.15, 0.2) is 0 Å². The first-order chi connectivity index (χ1) is 9.74. The summed E-state index contributed by atoms with van der Waals surface area (Å²) in [7, 11) is 4.17. The molecule has 0 atom stereocenters. The van der Waals surface area contributed by atoms with Gasteiger partial charge in [-0.05, 0) is 38.5 Å². The summed E-state index contributed by atoms with van der Waals surface area (Å²) < 4.78 is 0. The highest BCUT2D eigenvalue weighted by atomic mass is 15.2. The number of hydrogen-bond donors (Lipinski definition) is 1. The zero-order valence-electron chi connectivity index (χ0n) is 12.8. The van der Waals surface area contributed by atoms with E-state index in [2.05, 4.69) is 24.3 Å². The summed E-state index contributed by atoms with van der Waals surface area (Å²) >= 11 is 0. The largest absolute Gasteiger partial charge is 0.362 e. The van der Waals surface area contributed by atoms with E-state index in [1.165, 1.54) is 56.2 Å². The molecule has 4 nitrogen and oxygen atoms in total. The van der Waals surface area contributed by atoms with Crippen molar-refractivity contribution in [2.45, 2.75) is 63.8 Å². The third-order valence-electron chi connectivity index (χ3n) is 4.52. The van der Waals surface area contributed by atoms with E-state index in [-0.39, 0.29) is 0 Å². The molecule has 0 unspecified atom stereocenters. The van der Waals surface area contributed by atoms with Gasteiger partial charge in [-0.3, -0.25) is 0 Å². The van der Waals surface area contributed by atoms with Gasteiger partial charge in [-0.25, -0.2) is 4.98 Å². The van der Waals surface area contributed by atoms with Crippen LogP contribution in [0.15, 0.2) is 0 Å². The molecule has 4 heteroatoms. The Hall–Kier alpha value is -1.32. The van der Waals surface area contributed by atoms with Crippen molar-refractivity contribution in [2.75, 3.05) is 24.3 Å². The van der Waals surface area contributed by atoms with Crippen LogP contribution in [-0.2, 0) is 12.8 Å². The smallest absolute Gasteiger partial charge is 0.225 e. The van der Waals surface area contributed by atoms with Crippen LogP contribution in [-0.4, -0.2) is 30.1 Å². The molecule has 1 aromatic heterocycles. The topological polar surface area (TPSA) is 41.1 Å². The van der Waals surface area contributed by atoms with Gasteiger partial charge in [0.05, 0.1) is 5.69 Å². The molecule has 0 radical (unpaired) electrons. The molecule has 0 saturated heterocycles. The highest BCUT2D eigenvalue weighted by Crippen LogP contribution is 2.29. The Morgan fingerprint density at radius 1 is 0.950 bits per heavy atom. The summed E-state index contributed by atoms with van der Waals surface area (Å²) in [6, 6.07) is 0.570. The lowest BCUT2D eigenvalue weighted by atomic mass is 9.95. The van der Waals surface area contributed by atoms with Crippen LogP contribution in [0.1, 0.15) is 56.2 Å². The molecule has 110 valence electrons. The summed E-state index contributed by atoms with van der Waals surface area (Å²) in [5, 5.41) is 3.58. The van der Waals surface area contributed by atoms with Crippen LogP contribution in [0.5, 0.6) is 0 Å². The molecule has 20 heavy (non-hydrogen) atoms. The SMILES string of the molecule is CN(C)c1nc(NC2CCCCC2)nc2c1CCCC2. The van der Waals surface area contributed by atoms with Crippen LogP contribution in [0, 0.1) is 0 Å². The average molecular weight is 274 g/mol. The molecule has 1 heterocycles. The molecule has 0 aromatic carbocycles. The molecule has 0 amide bonds. The Balaban J connectivity index is 1.85. The molecule has 3 rings (SSSR count). The van der Waals surface area contributed by atoms with Crippen LogP contribution >= 0.6 is 0 Å². The van der Waals surface area contributed by atoms with E-state index in [1.807, 2.05) is 0 Å². The molecule has 0 aliphatic heterocycles. The van der Waals surface area contributed by atoms with Crippen LogP contribution < -0.4 is 10.2 Å². The summed E-state index contributed by atoms with van der Waals surface area (Å²) in [5.74, 6) is 1.97. The number of hydrogen-bond acceptors (Lipinski definition) is 4. The summed E-state index contributed by atoms with van der Waals surface area (Å²) in [5.41, 5.74) is 2.64. The number of nitrogens with one attached hydrogen (secondary N) is 1. The van der Waals surface area contributed by atoms with Crippen LogP contribution in [0.3, 0.4) is 0 Å². The van der Waals surface area contributed by atoms with E-state index in [0.29, 0.717) is 6.04 Å². The minimum Gasteiger partial charge on any atom is -0.362 e. The molecule has 1 N–H and O–H groups in total. The van der Waals surface area contributed by atoms with E-state index < -0.39 is 0 Å². The normalized spacial score (nSPS) is 19.5. The monoisotopic (exact) mass is 274 g/mol. The van der Waals surface area contributed by atoms with E-state index >= 15 is 0 Å². The van der Waals surface area contributed by atoms with E-state index in [0.717, 1.165) is 24.6 Å². The minimum absolute atomic E-state index is 0.570. The maximum atomic E-state index is 4.80. The number of rotatable bonds is 3. The predicted molar refractivity (Wildman–Crippen MR) is 83.5 cm³/mol. The van der Waals surface area contributed by atoms with Crippen LogP contribution in [0.2, 0.25) is 0 Å². The lowest BCUT2D eigenvalue weighted by Crippen LogP contribution is -2.26. The highest BCUT2D eigenvalue weighted by molar-refractivity contribution is 5.52. The Kier molecular flexibility index (Phi) is 4.08. The van der Waals surface area contributed by atoms with Gasteiger partial charge in [0.1, 0.15) is 5.82 Å². The van der Waals surface area contributed by atoms with Gasteiger partial charge in [0, 0.05) is 25.7 Å². The fraction of sp³-hybridized carbons (Fsp3) is 0.750. The van der Waals surface area contributed by atoms with Gasteiger partial charge in [-0.1, -0.05) is 19.3 Å². The first-order valence-electron chi connectivity index (χ1n) is 8.07. The van der Waals surface area contributed by atoms with E-state index in [4.69, 9.17) is 9.97 Å². The number of anilines is 2. The fourth-order valence-corrected chi connectivity index (χ4v) is 3.44. The van der Waals surface area contributed by atoms with Crippen molar-refractivity contribution in [3.8, 4) is 0 Å². The van der Waals surface area contributed by atoms with Crippen molar-refractivity contribution in [3.05, 3.63) is 11.3 Å². The molecular formula is C16H26N4. The molecule has 2 aliphatic carbocycles. The third kappa shape index (κ3) is 2.89. The van der Waals surface area contributed by atoms with Gasteiger partial charge in [-0.15, -0.1) is 0 Å². The quantitative estimate of drug-likeness (QED) is 0.919. The van der Waals surface area contributed by atoms with Gasteiger partial charge < -0.3 is 10.2 Å². The number of aryl methyl sites for hydroxylation is 1. The molecule has 0 spiro atoms. The van der Waals surface area contributed by atoms with Gasteiger partial charge >= 0.3 is 0 Å². The van der Waals surface area contributed by atoms with Gasteiger partial charge in [0.25, 0.3) is 0 Å². The third-order valence-corrected chi connectivity index (χ3v) is 4.52. The molecule has 1 aromatic rings. The molecular weight excluding hydrogens is 248 g/mol. The molecule has 1 saturated carbocycles. The molecule has 0 bridgehead atoms. The van der Waals surface area contributed by atoms with Crippen molar-refractivity contribution in [1.29, 1.82) is 0 Å². The Bertz CT molecular complexity index is 464. The van der Waals surface area contributed by atoms with Gasteiger partial charge in [0.2, 0.25) is 5.95 Å². The van der Waals surface area contributed by atoms with Crippen molar-refractivity contribution in [1.82, 2.24) is 9.97 Å². The summed E-state index contributed by atoms with van der Waals surface area (Å²) in [6.07, 6.45) is 11.4. The Labute approximate surface area is 122 Å². The second kappa shape index (κ2) is 5.98. The first-order valence-corrected chi connectivity index (χ1v) is 8.07. The average Bonchev–Trinajstić information content (AvgIpc) is 2.47. The maximum Gasteiger partial charge on any atom is 0.225 e. The standard InChI is InChI=1S/C16H26N4/c1-20(2)15-13-10-6-7-11-14(13)18-16(19-15)17-12-8-4-3-5-9-12/h12H,3-11H2,1-2H3,(H,17,18,19). The zero-order valence-corrected chi connectivity index (χ0v) is 12.8. The second-order valence-electron chi connectivity index (χ2n) is 6.38. The van der Waals surface area contributed by atoms with Gasteiger partial charge in [-0.2, -0.15) is 4.98 Å². The molecule has 2 aliphatic rings. The Morgan fingerprint density at radius 3 is 2.45 bits per heavy atom. The first kappa shape index (κ1) is 13.7. The van der Waals surface area contributed by atoms with Crippen molar-refractivity contribution < 1.29 is 0 Å². The van der Waals surface area contributed by atoms with E-state index in [1.54, 1.807) is 0 Å².